The fourth-order valence-electron chi connectivity index (χ4n) is 4.50. The van der Waals surface area contributed by atoms with Crippen molar-refractivity contribution in [2.24, 2.45) is 0 Å². The van der Waals surface area contributed by atoms with Gasteiger partial charge in [0.15, 0.2) is 18.3 Å². The minimum atomic E-state index is -0.215. The highest BCUT2D eigenvalue weighted by atomic mass is 16.7. The van der Waals surface area contributed by atoms with Crippen molar-refractivity contribution < 1.29 is 28.5 Å². The van der Waals surface area contributed by atoms with E-state index in [0.29, 0.717) is 13.4 Å². The lowest BCUT2D eigenvalue weighted by Gasteiger charge is -2.32. The average Bonchev–Trinajstić information content (AvgIpc) is 3.37. The number of rotatable bonds is 1. The van der Waals surface area contributed by atoms with Crippen LogP contribution in [0.15, 0.2) is 52.3 Å². The number of carbonyl (C=O) groups is 1. The molecule has 0 saturated carbocycles. The Kier molecular flexibility index (Phi) is 2.86. The zero-order valence-corrected chi connectivity index (χ0v) is 13.9. The Bertz CT molecular complexity index is 938. The van der Waals surface area contributed by atoms with Gasteiger partial charge in [-0.2, -0.15) is 0 Å². The van der Waals surface area contributed by atoms with Crippen LogP contribution in [0.5, 0.6) is 11.5 Å². The summed E-state index contributed by atoms with van der Waals surface area (Å²) in [6, 6.07) is 5.90. The van der Waals surface area contributed by atoms with Crippen molar-refractivity contribution in [3.05, 3.63) is 57.9 Å². The summed E-state index contributed by atoms with van der Waals surface area (Å²) in [7, 11) is 0. The number of cyclic esters (lactones) is 1. The molecular weight excluding hydrogens is 336 g/mol. The first-order valence-corrected chi connectivity index (χ1v) is 8.74. The normalized spacial score (nSPS) is 28.3. The third-order valence-corrected chi connectivity index (χ3v) is 5.70. The maximum Gasteiger partial charge on any atom is 0.335 e. The molecule has 0 N–H and O–H groups in total. The maximum atomic E-state index is 12.5. The van der Waals surface area contributed by atoms with E-state index in [2.05, 4.69) is 6.08 Å². The van der Waals surface area contributed by atoms with Crippen molar-refractivity contribution in [3.8, 4) is 11.5 Å². The highest BCUT2D eigenvalue weighted by Gasteiger charge is 2.43. The van der Waals surface area contributed by atoms with Gasteiger partial charge < -0.3 is 23.7 Å². The van der Waals surface area contributed by atoms with Crippen LogP contribution in [-0.4, -0.2) is 32.3 Å². The highest BCUT2D eigenvalue weighted by Crippen LogP contribution is 2.50. The van der Waals surface area contributed by atoms with Gasteiger partial charge in [0.1, 0.15) is 18.5 Å². The van der Waals surface area contributed by atoms with E-state index in [0.717, 1.165) is 46.8 Å². The molecule has 2 aliphatic carbocycles. The van der Waals surface area contributed by atoms with Crippen LogP contribution in [0.1, 0.15) is 24.3 Å². The molecule has 6 heteroatoms. The number of fused-ring (bicyclic) bond motifs is 2. The Morgan fingerprint density at radius 2 is 1.92 bits per heavy atom. The lowest BCUT2D eigenvalue weighted by atomic mass is 9.71. The highest BCUT2D eigenvalue weighted by molar-refractivity contribution is 5.95. The lowest BCUT2D eigenvalue weighted by Crippen LogP contribution is -2.24. The first-order chi connectivity index (χ1) is 12.8. The molecule has 1 aromatic rings. The largest absolute Gasteiger partial charge is 0.469 e. The van der Waals surface area contributed by atoms with Crippen LogP contribution in [0.4, 0.5) is 0 Å². The summed E-state index contributed by atoms with van der Waals surface area (Å²) in [5.74, 6) is 1.99. The minimum absolute atomic E-state index is 0.0650. The van der Waals surface area contributed by atoms with Gasteiger partial charge in [0.2, 0.25) is 6.79 Å². The number of ether oxygens (including phenoxy) is 5. The Hall–Kier alpha value is -2.73. The Morgan fingerprint density at radius 3 is 2.88 bits per heavy atom. The quantitative estimate of drug-likeness (QED) is 0.724. The fraction of sp³-hybridized carbons (Fsp3) is 0.350. The van der Waals surface area contributed by atoms with Crippen LogP contribution >= 0.6 is 0 Å². The summed E-state index contributed by atoms with van der Waals surface area (Å²) in [5, 5.41) is 0. The number of benzene rings is 1. The lowest BCUT2D eigenvalue weighted by molar-refractivity contribution is -0.136. The molecule has 0 bridgehead atoms. The van der Waals surface area contributed by atoms with Gasteiger partial charge in [-0.3, -0.25) is 0 Å². The molecular formula is C20H16O6. The second-order valence-corrected chi connectivity index (χ2v) is 7.03. The number of hydrogen-bond acceptors (Lipinski definition) is 6. The number of hydrogen-bond donors (Lipinski definition) is 0. The van der Waals surface area contributed by atoms with E-state index >= 15 is 0 Å². The Morgan fingerprint density at radius 1 is 1.00 bits per heavy atom. The summed E-state index contributed by atoms with van der Waals surface area (Å²) >= 11 is 0. The topological polar surface area (TPSA) is 63.2 Å². The van der Waals surface area contributed by atoms with Gasteiger partial charge in [0.25, 0.3) is 0 Å². The van der Waals surface area contributed by atoms with Gasteiger partial charge in [-0.15, -0.1) is 0 Å². The third kappa shape index (κ3) is 1.93. The molecule has 6 nitrogen and oxygen atoms in total. The molecule has 132 valence electrons. The molecule has 26 heavy (non-hydrogen) atoms. The Labute approximate surface area is 149 Å². The van der Waals surface area contributed by atoms with Crippen LogP contribution in [0, 0.1) is 0 Å². The molecule has 3 heterocycles. The molecule has 5 aliphatic rings. The van der Waals surface area contributed by atoms with E-state index in [-0.39, 0.29) is 24.8 Å². The van der Waals surface area contributed by atoms with Crippen molar-refractivity contribution in [2.75, 3.05) is 20.2 Å². The number of esters is 1. The van der Waals surface area contributed by atoms with Crippen molar-refractivity contribution in [1.82, 2.24) is 0 Å². The zero-order valence-electron chi connectivity index (χ0n) is 13.9. The smallest absolute Gasteiger partial charge is 0.335 e. The van der Waals surface area contributed by atoms with Gasteiger partial charge in [0.05, 0.1) is 5.57 Å². The average molecular weight is 352 g/mol. The van der Waals surface area contributed by atoms with Crippen molar-refractivity contribution in [3.63, 3.8) is 0 Å². The van der Waals surface area contributed by atoms with Crippen LogP contribution < -0.4 is 9.47 Å². The molecule has 0 amide bonds. The summed E-state index contributed by atoms with van der Waals surface area (Å²) in [6.45, 7) is 0.892. The first kappa shape index (κ1) is 14.4. The van der Waals surface area contributed by atoms with Crippen LogP contribution in [0.3, 0.4) is 0 Å². The van der Waals surface area contributed by atoms with E-state index in [1.165, 1.54) is 11.1 Å². The molecule has 1 saturated heterocycles. The van der Waals surface area contributed by atoms with Crippen molar-refractivity contribution in [2.45, 2.75) is 24.9 Å². The second-order valence-electron chi connectivity index (χ2n) is 7.03. The molecule has 3 aliphatic heterocycles. The van der Waals surface area contributed by atoms with Gasteiger partial charge in [-0.05, 0) is 41.3 Å². The van der Waals surface area contributed by atoms with Crippen LogP contribution in [-0.2, 0) is 19.0 Å². The molecule has 2 unspecified atom stereocenters. The van der Waals surface area contributed by atoms with Gasteiger partial charge >= 0.3 is 5.97 Å². The van der Waals surface area contributed by atoms with E-state index in [1.54, 1.807) is 0 Å². The third-order valence-electron chi connectivity index (χ3n) is 5.70. The molecule has 0 radical (unpaired) electrons. The molecule has 1 fully saturated rings. The van der Waals surface area contributed by atoms with Crippen molar-refractivity contribution in [1.29, 1.82) is 0 Å². The fourth-order valence-corrected chi connectivity index (χ4v) is 4.50. The van der Waals surface area contributed by atoms with Crippen LogP contribution in [0.25, 0.3) is 0 Å². The van der Waals surface area contributed by atoms with Crippen LogP contribution in [0.2, 0.25) is 0 Å². The molecule has 0 aromatic heterocycles. The second kappa shape index (κ2) is 5.14. The summed E-state index contributed by atoms with van der Waals surface area (Å²) in [6.07, 6.45) is 3.48. The maximum absolute atomic E-state index is 12.5. The number of carbonyl (C=O) groups excluding carboxylic acids is 1. The zero-order chi connectivity index (χ0) is 17.3. The van der Waals surface area contributed by atoms with Gasteiger partial charge in [-0.1, -0.05) is 11.6 Å². The molecule has 1 aromatic carbocycles. The summed E-state index contributed by atoms with van der Waals surface area (Å²) in [4.78, 5) is 12.5. The number of allylic oxidation sites excluding steroid dienone is 2. The summed E-state index contributed by atoms with van der Waals surface area (Å²) in [5.41, 5.74) is 5.27. The predicted octanol–water partition coefficient (Wildman–Crippen LogP) is 2.71. The van der Waals surface area contributed by atoms with Gasteiger partial charge in [0, 0.05) is 12.3 Å². The van der Waals surface area contributed by atoms with Crippen molar-refractivity contribution >= 4 is 5.97 Å². The molecule has 6 rings (SSSR count). The van der Waals surface area contributed by atoms with E-state index < -0.39 is 0 Å². The minimum Gasteiger partial charge on any atom is -0.469 e. The SMILES string of the molecule is O=C1OCC2=C1C(c1ccc3c(c1)OCO3)C1=C(C=C3OCOC3C1)C2. The van der Waals surface area contributed by atoms with E-state index in [1.807, 2.05) is 18.2 Å². The Balaban J connectivity index is 1.51. The first-order valence-electron chi connectivity index (χ1n) is 8.74. The van der Waals surface area contributed by atoms with E-state index in [9.17, 15) is 4.79 Å². The molecule has 2 atom stereocenters. The predicted molar refractivity (Wildman–Crippen MR) is 88.5 cm³/mol. The van der Waals surface area contributed by atoms with Gasteiger partial charge in [-0.25, -0.2) is 4.79 Å². The standard InChI is InChI=1S/C20H16O6/c21-20-19-12(7-22-20)3-11-5-16-17(26-9-25-16)6-13(11)18(19)10-1-2-14-15(4-10)24-8-23-14/h1-2,4-5,17-18H,3,6-9H2. The summed E-state index contributed by atoms with van der Waals surface area (Å²) < 4.78 is 27.6. The molecule has 0 spiro atoms. The monoisotopic (exact) mass is 352 g/mol. The van der Waals surface area contributed by atoms with E-state index in [4.69, 9.17) is 23.7 Å².